The fourth-order valence-electron chi connectivity index (χ4n) is 3.24. The third-order valence-electron chi connectivity index (χ3n) is 4.84. The minimum atomic E-state index is -0.306. The number of H-pyrrole nitrogens is 1. The molecule has 0 aliphatic carbocycles. The molecule has 0 radical (unpaired) electrons. The summed E-state index contributed by atoms with van der Waals surface area (Å²) >= 11 is 0. The largest absolute Gasteiger partial charge is 0.495 e. The zero-order valence-electron chi connectivity index (χ0n) is 17.6. The zero-order chi connectivity index (χ0) is 22.4. The van der Waals surface area contributed by atoms with Crippen LogP contribution in [0.4, 0.5) is 0 Å². The van der Waals surface area contributed by atoms with Gasteiger partial charge in [-0.1, -0.05) is 6.07 Å². The Balaban J connectivity index is 1.85. The van der Waals surface area contributed by atoms with E-state index in [2.05, 4.69) is 21.5 Å². The number of nitrogens with zero attached hydrogens (tertiary/aromatic N) is 3. The van der Waals surface area contributed by atoms with E-state index in [1.807, 2.05) is 0 Å². The maximum absolute atomic E-state index is 13.0. The van der Waals surface area contributed by atoms with E-state index in [0.29, 0.717) is 59.0 Å². The molecule has 0 fully saturated rings. The Hall–Kier alpha value is -3.90. The quantitative estimate of drug-likeness (QED) is 0.538. The summed E-state index contributed by atoms with van der Waals surface area (Å²) in [5.41, 5.74) is 2.26. The number of carbonyl (C=O) groups is 1. The van der Waals surface area contributed by atoms with Gasteiger partial charge in [0.05, 0.1) is 23.8 Å². The number of nitrogens with one attached hydrogen (secondary N) is 2. The van der Waals surface area contributed by atoms with Crippen molar-refractivity contribution in [3.8, 4) is 28.8 Å². The normalized spacial score (nSPS) is 10.5. The van der Waals surface area contributed by atoms with Gasteiger partial charge in [0, 0.05) is 38.2 Å². The van der Waals surface area contributed by atoms with Crippen LogP contribution in [0.1, 0.15) is 27.9 Å². The van der Waals surface area contributed by atoms with Gasteiger partial charge in [-0.3, -0.25) is 14.7 Å². The van der Waals surface area contributed by atoms with Crippen LogP contribution in [0.3, 0.4) is 0 Å². The van der Waals surface area contributed by atoms with Gasteiger partial charge >= 0.3 is 0 Å². The van der Waals surface area contributed by atoms with Crippen LogP contribution < -0.4 is 15.6 Å². The number of nitriles is 1. The first-order valence-corrected chi connectivity index (χ1v) is 9.63. The van der Waals surface area contributed by atoms with E-state index >= 15 is 0 Å². The predicted molar refractivity (Wildman–Crippen MR) is 114 cm³/mol. The second kappa shape index (κ2) is 9.73. The van der Waals surface area contributed by atoms with E-state index in [9.17, 15) is 14.9 Å². The van der Waals surface area contributed by atoms with Gasteiger partial charge in [-0.05, 0) is 37.1 Å². The number of benzene rings is 1. The summed E-state index contributed by atoms with van der Waals surface area (Å²) in [5.74, 6) is 0.548. The smallest absolute Gasteiger partial charge is 0.280 e. The second-order valence-corrected chi connectivity index (χ2v) is 6.77. The molecular weight excluding hydrogens is 398 g/mol. The van der Waals surface area contributed by atoms with Gasteiger partial charge in [0.15, 0.2) is 5.82 Å². The van der Waals surface area contributed by atoms with Gasteiger partial charge in [-0.2, -0.15) is 5.26 Å². The van der Waals surface area contributed by atoms with Gasteiger partial charge < -0.3 is 14.8 Å². The molecule has 0 atom stereocenters. The maximum atomic E-state index is 13.0. The Morgan fingerprint density at radius 1 is 1.26 bits per heavy atom. The molecule has 0 saturated heterocycles. The molecule has 160 valence electrons. The van der Waals surface area contributed by atoms with E-state index in [4.69, 9.17) is 9.47 Å². The van der Waals surface area contributed by atoms with Crippen molar-refractivity contribution >= 4 is 5.91 Å². The van der Waals surface area contributed by atoms with Crippen molar-refractivity contribution in [2.45, 2.75) is 13.3 Å². The first-order valence-electron chi connectivity index (χ1n) is 9.63. The van der Waals surface area contributed by atoms with Crippen LogP contribution in [0.2, 0.25) is 0 Å². The highest BCUT2D eigenvalue weighted by Gasteiger charge is 2.17. The van der Waals surface area contributed by atoms with Crippen molar-refractivity contribution in [3.63, 3.8) is 0 Å². The van der Waals surface area contributed by atoms with Crippen LogP contribution >= 0.6 is 0 Å². The number of hydrogen-bond acceptors (Lipinski definition) is 6. The summed E-state index contributed by atoms with van der Waals surface area (Å²) in [6.07, 6.45) is 3.71. The molecule has 0 unspecified atom stereocenters. The Labute approximate surface area is 179 Å². The van der Waals surface area contributed by atoms with Crippen LogP contribution in [0, 0.1) is 18.3 Å². The van der Waals surface area contributed by atoms with Crippen LogP contribution in [0.15, 0.2) is 41.5 Å². The van der Waals surface area contributed by atoms with Gasteiger partial charge in [-0.15, -0.1) is 0 Å². The van der Waals surface area contributed by atoms with Crippen molar-refractivity contribution in [2.75, 3.05) is 27.4 Å². The highest BCUT2D eigenvalue weighted by atomic mass is 16.5. The van der Waals surface area contributed by atoms with E-state index < -0.39 is 0 Å². The van der Waals surface area contributed by atoms with Gasteiger partial charge in [-0.25, -0.2) is 9.67 Å². The molecular formula is C22H23N5O4. The lowest BCUT2D eigenvalue weighted by molar-refractivity contribution is 0.0948. The van der Waals surface area contributed by atoms with Crippen molar-refractivity contribution < 1.29 is 14.3 Å². The highest BCUT2D eigenvalue weighted by Crippen LogP contribution is 2.31. The molecule has 3 rings (SSSR count). The minimum absolute atomic E-state index is 0.241. The lowest BCUT2D eigenvalue weighted by atomic mass is 9.99. The van der Waals surface area contributed by atoms with Crippen molar-refractivity contribution in [1.82, 2.24) is 20.1 Å². The number of hydrogen-bond donors (Lipinski definition) is 2. The SMILES string of the molecule is COCCCNC(=O)c1ccc(-n2[nH]cc(-c3ccc(C#N)c(OC)c3C)c2=O)nc1. The minimum Gasteiger partial charge on any atom is -0.495 e. The molecule has 31 heavy (non-hydrogen) atoms. The molecule has 0 aliphatic heterocycles. The van der Waals surface area contributed by atoms with Gasteiger partial charge in [0.25, 0.3) is 11.5 Å². The van der Waals surface area contributed by atoms with Crippen molar-refractivity contribution in [2.24, 2.45) is 0 Å². The van der Waals surface area contributed by atoms with Crippen molar-refractivity contribution in [1.29, 1.82) is 5.26 Å². The molecule has 0 saturated carbocycles. The van der Waals surface area contributed by atoms with Crippen LogP contribution in [-0.4, -0.2) is 48.0 Å². The van der Waals surface area contributed by atoms with Gasteiger partial charge in [0.1, 0.15) is 11.8 Å². The summed E-state index contributed by atoms with van der Waals surface area (Å²) in [6, 6.07) is 8.62. The number of methoxy groups -OCH3 is 2. The lowest BCUT2D eigenvalue weighted by Gasteiger charge is -2.10. The molecule has 2 aromatic heterocycles. The summed E-state index contributed by atoms with van der Waals surface area (Å²) in [5, 5.41) is 14.9. The Morgan fingerprint density at radius 2 is 2.06 bits per heavy atom. The van der Waals surface area contributed by atoms with Gasteiger partial charge in [0.2, 0.25) is 0 Å². The number of pyridine rings is 1. The summed E-state index contributed by atoms with van der Waals surface area (Å²) in [4.78, 5) is 29.4. The molecule has 0 aliphatic rings. The maximum Gasteiger partial charge on any atom is 0.280 e. The summed E-state index contributed by atoms with van der Waals surface area (Å²) in [7, 11) is 3.10. The third kappa shape index (κ3) is 4.49. The number of ether oxygens (including phenoxy) is 2. The molecule has 9 nitrogen and oxygen atoms in total. The standard InChI is InChI=1S/C22H23N5O4/c1-14-17(7-5-15(11-23)20(14)31-3)18-13-26-27(22(18)29)19-8-6-16(12-25-19)21(28)24-9-4-10-30-2/h5-8,12-13,26H,4,9-10H2,1-3H3,(H,24,28). The first-order chi connectivity index (χ1) is 15.0. The van der Waals surface area contributed by atoms with Crippen LogP contribution in [0.25, 0.3) is 16.9 Å². The number of aromatic amines is 1. The third-order valence-corrected chi connectivity index (χ3v) is 4.84. The molecule has 3 aromatic rings. The van der Waals surface area contributed by atoms with Crippen LogP contribution in [-0.2, 0) is 4.74 Å². The Kier molecular flexibility index (Phi) is 6.85. The average Bonchev–Trinajstić information content (AvgIpc) is 3.17. The summed E-state index contributed by atoms with van der Waals surface area (Å²) in [6.45, 7) is 2.87. The lowest BCUT2D eigenvalue weighted by Crippen LogP contribution is -2.25. The molecule has 0 spiro atoms. The zero-order valence-corrected chi connectivity index (χ0v) is 17.6. The second-order valence-electron chi connectivity index (χ2n) is 6.77. The van der Waals surface area contributed by atoms with E-state index in [1.165, 1.54) is 18.0 Å². The number of amides is 1. The van der Waals surface area contributed by atoms with Crippen LogP contribution in [0.5, 0.6) is 5.75 Å². The molecule has 1 aromatic carbocycles. The Bertz CT molecular complexity index is 1170. The summed E-state index contributed by atoms with van der Waals surface area (Å²) < 4.78 is 11.6. The number of rotatable bonds is 8. The number of aromatic nitrogens is 3. The highest BCUT2D eigenvalue weighted by molar-refractivity contribution is 5.93. The topological polar surface area (TPSA) is 122 Å². The number of carbonyl (C=O) groups excluding carboxylic acids is 1. The fourth-order valence-corrected chi connectivity index (χ4v) is 3.24. The van der Waals surface area contributed by atoms with E-state index in [-0.39, 0.29) is 11.5 Å². The molecule has 9 heteroatoms. The molecule has 2 heterocycles. The molecule has 0 bridgehead atoms. The predicted octanol–water partition coefficient (Wildman–Crippen LogP) is 2.18. The van der Waals surface area contributed by atoms with E-state index in [0.717, 1.165) is 0 Å². The first kappa shape index (κ1) is 21.8. The fraction of sp³-hybridized carbons (Fsp3) is 0.273. The molecule has 2 N–H and O–H groups in total. The monoisotopic (exact) mass is 421 g/mol. The Morgan fingerprint density at radius 3 is 2.71 bits per heavy atom. The average molecular weight is 421 g/mol. The van der Waals surface area contributed by atoms with E-state index in [1.54, 1.807) is 44.5 Å². The molecule has 1 amide bonds. The van der Waals surface area contributed by atoms with Crippen molar-refractivity contribution in [3.05, 3.63) is 63.7 Å².